The van der Waals surface area contributed by atoms with Gasteiger partial charge in [0.05, 0.1) is 13.2 Å². The van der Waals surface area contributed by atoms with E-state index in [1.54, 1.807) is 4.90 Å². The third-order valence-electron chi connectivity index (χ3n) is 2.85. The van der Waals surface area contributed by atoms with Gasteiger partial charge in [-0.15, -0.1) is 0 Å². The Labute approximate surface area is 117 Å². The molecule has 7 nitrogen and oxygen atoms in total. The summed E-state index contributed by atoms with van der Waals surface area (Å²) in [7, 11) is 1.54. The van der Waals surface area contributed by atoms with Gasteiger partial charge in [-0.05, 0) is 19.4 Å². The van der Waals surface area contributed by atoms with Gasteiger partial charge < -0.3 is 14.7 Å². The predicted octanol–water partition coefficient (Wildman–Crippen LogP) is -0.266. The topological polar surface area (TPSA) is 84.7 Å². The molecule has 0 bridgehead atoms. The molecule has 0 aliphatic carbocycles. The summed E-state index contributed by atoms with van der Waals surface area (Å²) >= 11 is 0. The van der Waals surface area contributed by atoms with Crippen LogP contribution in [0.25, 0.3) is 0 Å². The number of hydrogen-bond acceptors (Lipinski definition) is 5. The number of carbonyl (C=O) groups is 1. The molecule has 0 aliphatic rings. The largest absolute Gasteiger partial charge is 0.396 e. The van der Waals surface area contributed by atoms with Gasteiger partial charge in [-0.25, -0.2) is 4.68 Å². The smallest absolute Gasteiger partial charge is 0.274 e. The summed E-state index contributed by atoms with van der Waals surface area (Å²) in [5.41, 5.74) is -0.0440. The van der Waals surface area contributed by atoms with E-state index in [9.17, 15) is 9.59 Å². The average Bonchev–Trinajstić information content (AvgIpc) is 2.47. The number of aromatic nitrogens is 2. The van der Waals surface area contributed by atoms with Crippen LogP contribution in [0.4, 0.5) is 0 Å². The fourth-order valence-electron chi connectivity index (χ4n) is 1.73. The van der Waals surface area contributed by atoms with E-state index < -0.39 is 0 Å². The number of methoxy groups -OCH3 is 1. The molecule has 0 saturated carbocycles. The number of rotatable bonds is 8. The van der Waals surface area contributed by atoms with Crippen LogP contribution in [0.1, 0.15) is 23.8 Å². The number of carbonyl (C=O) groups excluding carboxylic acids is 1. The van der Waals surface area contributed by atoms with Gasteiger partial charge in [0.25, 0.3) is 11.5 Å². The van der Waals surface area contributed by atoms with Crippen LogP contribution in [-0.2, 0) is 11.3 Å². The molecule has 1 N–H and O–H groups in total. The van der Waals surface area contributed by atoms with Crippen molar-refractivity contribution in [2.45, 2.75) is 19.9 Å². The zero-order valence-electron chi connectivity index (χ0n) is 11.9. The first kappa shape index (κ1) is 16.3. The SMILES string of the molecule is CCN(CCCO)C(=O)c1ccc(=O)n(CCOC)n1. The fraction of sp³-hybridized carbons (Fsp3) is 0.615. The number of ether oxygens (including phenoxy) is 1. The molecule has 0 spiro atoms. The maximum atomic E-state index is 12.3. The van der Waals surface area contributed by atoms with Crippen LogP contribution in [0.15, 0.2) is 16.9 Å². The second-order valence-corrected chi connectivity index (χ2v) is 4.23. The van der Waals surface area contributed by atoms with Gasteiger partial charge >= 0.3 is 0 Å². The Bertz CT molecular complexity index is 487. The maximum Gasteiger partial charge on any atom is 0.274 e. The lowest BCUT2D eigenvalue weighted by Crippen LogP contribution is -2.35. The zero-order chi connectivity index (χ0) is 15.0. The molecule has 0 saturated heterocycles. The Morgan fingerprint density at radius 3 is 2.85 bits per heavy atom. The molecule has 1 aromatic heterocycles. The van der Waals surface area contributed by atoms with Crippen molar-refractivity contribution in [3.05, 3.63) is 28.2 Å². The standard InChI is InChI=1S/C13H21N3O4/c1-3-15(7-4-9-17)13(19)11-5-6-12(18)16(14-11)8-10-20-2/h5-6,17H,3-4,7-10H2,1-2H3. The summed E-state index contributed by atoms with van der Waals surface area (Å²) in [4.78, 5) is 25.4. The number of nitrogens with zero attached hydrogens (tertiary/aromatic N) is 3. The molecule has 0 unspecified atom stereocenters. The lowest BCUT2D eigenvalue weighted by molar-refractivity contribution is 0.0744. The van der Waals surface area contributed by atoms with Crippen LogP contribution in [0.2, 0.25) is 0 Å². The van der Waals surface area contributed by atoms with Gasteiger partial charge in [0.1, 0.15) is 5.69 Å². The second-order valence-electron chi connectivity index (χ2n) is 4.23. The van der Waals surface area contributed by atoms with Crippen molar-refractivity contribution in [2.75, 3.05) is 33.4 Å². The van der Waals surface area contributed by atoms with Crippen molar-refractivity contribution in [2.24, 2.45) is 0 Å². The minimum Gasteiger partial charge on any atom is -0.396 e. The molecular weight excluding hydrogens is 262 g/mol. The molecule has 0 aromatic carbocycles. The number of aliphatic hydroxyl groups is 1. The summed E-state index contributed by atoms with van der Waals surface area (Å²) < 4.78 is 6.12. The Morgan fingerprint density at radius 1 is 1.50 bits per heavy atom. The van der Waals surface area contributed by atoms with Crippen LogP contribution in [0, 0.1) is 0 Å². The lowest BCUT2D eigenvalue weighted by Gasteiger charge is -2.20. The van der Waals surface area contributed by atoms with E-state index in [2.05, 4.69) is 5.10 Å². The van der Waals surface area contributed by atoms with E-state index in [0.29, 0.717) is 32.7 Å². The molecule has 0 aliphatic heterocycles. The van der Waals surface area contributed by atoms with Gasteiger partial charge in [0.15, 0.2) is 0 Å². The van der Waals surface area contributed by atoms with E-state index in [4.69, 9.17) is 9.84 Å². The summed E-state index contributed by atoms with van der Waals surface area (Å²) in [6, 6.07) is 2.76. The van der Waals surface area contributed by atoms with Crippen LogP contribution in [-0.4, -0.2) is 59.1 Å². The van der Waals surface area contributed by atoms with Gasteiger partial charge in [-0.1, -0.05) is 0 Å². The summed E-state index contributed by atoms with van der Waals surface area (Å²) in [5.74, 6) is -0.243. The Hall–Kier alpha value is -1.73. The van der Waals surface area contributed by atoms with E-state index in [-0.39, 0.29) is 23.8 Å². The highest BCUT2D eigenvalue weighted by molar-refractivity contribution is 5.92. The maximum absolute atomic E-state index is 12.3. The van der Waals surface area contributed by atoms with Crippen molar-refractivity contribution >= 4 is 5.91 Å². The van der Waals surface area contributed by atoms with Gasteiger partial charge in [0, 0.05) is 32.9 Å². The number of aliphatic hydroxyl groups excluding tert-OH is 1. The fourth-order valence-corrected chi connectivity index (χ4v) is 1.73. The molecule has 0 atom stereocenters. The van der Waals surface area contributed by atoms with Gasteiger partial charge in [-0.3, -0.25) is 9.59 Å². The van der Waals surface area contributed by atoms with E-state index >= 15 is 0 Å². The summed E-state index contributed by atoms with van der Waals surface area (Å²) in [6.07, 6.45) is 0.517. The van der Waals surface area contributed by atoms with Crippen molar-refractivity contribution in [3.8, 4) is 0 Å². The lowest BCUT2D eigenvalue weighted by atomic mass is 10.3. The van der Waals surface area contributed by atoms with Crippen molar-refractivity contribution in [1.29, 1.82) is 0 Å². The molecule has 1 aromatic rings. The van der Waals surface area contributed by atoms with E-state index in [1.165, 1.54) is 23.9 Å². The number of amides is 1. The highest BCUT2D eigenvalue weighted by Crippen LogP contribution is 2.01. The second kappa shape index (κ2) is 8.44. The highest BCUT2D eigenvalue weighted by atomic mass is 16.5. The van der Waals surface area contributed by atoms with E-state index in [0.717, 1.165) is 0 Å². The molecule has 20 heavy (non-hydrogen) atoms. The van der Waals surface area contributed by atoms with Crippen LogP contribution >= 0.6 is 0 Å². The Kier molecular flexibility index (Phi) is 6.89. The third kappa shape index (κ3) is 4.43. The zero-order valence-corrected chi connectivity index (χ0v) is 11.9. The molecule has 1 heterocycles. The molecule has 1 amide bonds. The summed E-state index contributed by atoms with van der Waals surface area (Å²) in [6.45, 7) is 3.54. The highest BCUT2D eigenvalue weighted by Gasteiger charge is 2.16. The first-order valence-corrected chi connectivity index (χ1v) is 6.61. The van der Waals surface area contributed by atoms with Crippen LogP contribution < -0.4 is 5.56 Å². The van der Waals surface area contributed by atoms with Crippen molar-refractivity contribution < 1.29 is 14.6 Å². The molecular formula is C13H21N3O4. The minimum absolute atomic E-state index is 0.0323. The van der Waals surface area contributed by atoms with Crippen LogP contribution in [0.5, 0.6) is 0 Å². The van der Waals surface area contributed by atoms with Crippen molar-refractivity contribution in [1.82, 2.24) is 14.7 Å². The molecule has 7 heteroatoms. The number of hydrogen-bond donors (Lipinski definition) is 1. The monoisotopic (exact) mass is 283 g/mol. The molecule has 112 valence electrons. The first-order chi connectivity index (χ1) is 9.63. The quantitative estimate of drug-likeness (QED) is 0.710. The Balaban J connectivity index is 2.88. The van der Waals surface area contributed by atoms with E-state index in [1.807, 2.05) is 6.92 Å². The van der Waals surface area contributed by atoms with Gasteiger partial charge in [-0.2, -0.15) is 5.10 Å². The molecule has 1 rings (SSSR count). The van der Waals surface area contributed by atoms with Gasteiger partial charge in [0.2, 0.25) is 0 Å². The molecule has 0 radical (unpaired) electrons. The third-order valence-corrected chi connectivity index (χ3v) is 2.85. The average molecular weight is 283 g/mol. The van der Waals surface area contributed by atoms with Crippen LogP contribution in [0.3, 0.4) is 0 Å². The summed E-state index contributed by atoms with van der Waals surface area (Å²) in [5, 5.41) is 12.9. The van der Waals surface area contributed by atoms with Crippen molar-refractivity contribution in [3.63, 3.8) is 0 Å². The first-order valence-electron chi connectivity index (χ1n) is 6.61. The minimum atomic E-state index is -0.267. The normalized spacial score (nSPS) is 10.6. The molecule has 0 fully saturated rings. The Morgan fingerprint density at radius 2 is 2.25 bits per heavy atom. The predicted molar refractivity (Wildman–Crippen MR) is 73.7 cm³/mol.